The van der Waals surface area contributed by atoms with E-state index in [-0.39, 0.29) is 16.4 Å². The van der Waals surface area contributed by atoms with Gasteiger partial charge in [-0.15, -0.1) is 10.2 Å². The Balaban J connectivity index is 2.07. The van der Waals surface area contributed by atoms with E-state index in [9.17, 15) is 13.6 Å². The molecule has 7 nitrogen and oxygen atoms in total. The number of aryl methyl sites for hydroxylation is 1. The minimum absolute atomic E-state index is 0.179. The molecule has 0 aliphatic rings. The normalized spacial score (nSPS) is 11.3. The Morgan fingerprint density at radius 2 is 1.96 bits per heavy atom. The molecule has 4 rings (SSSR count). The Morgan fingerprint density at radius 3 is 2.59 bits per heavy atom. The van der Waals surface area contributed by atoms with Crippen molar-refractivity contribution in [2.45, 2.75) is 0 Å². The predicted molar refractivity (Wildman–Crippen MR) is 94.5 cm³/mol. The van der Waals surface area contributed by atoms with Crippen LogP contribution >= 0.6 is 11.6 Å². The van der Waals surface area contributed by atoms with Crippen molar-refractivity contribution in [2.24, 2.45) is 12.8 Å². The lowest BCUT2D eigenvalue weighted by Gasteiger charge is -2.10. The van der Waals surface area contributed by atoms with Gasteiger partial charge in [-0.1, -0.05) is 11.6 Å². The molecule has 0 radical (unpaired) electrons. The fourth-order valence-corrected chi connectivity index (χ4v) is 3.23. The second-order valence-corrected chi connectivity index (χ2v) is 6.17. The molecule has 2 N–H and O–H groups in total. The summed E-state index contributed by atoms with van der Waals surface area (Å²) in [5, 5.41) is 12.5. The van der Waals surface area contributed by atoms with Crippen molar-refractivity contribution in [1.82, 2.24) is 24.8 Å². The molecule has 0 fully saturated rings. The highest BCUT2D eigenvalue weighted by Crippen LogP contribution is 2.38. The molecule has 4 aromatic rings. The number of amides is 1. The summed E-state index contributed by atoms with van der Waals surface area (Å²) in [4.78, 5) is 12.5. The average Bonchev–Trinajstić information content (AvgIpc) is 3.16. The highest BCUT2D eigenvalue weighted by atomic mass is 35.5. The van der Waals surface area contributed by atoms with Crippen molar-refractivity contribution >= 4 is 28.4 Å². The summed E-state index contributed by atoms with van der Waals surface area (Å²) in [6.45, 7) is 0. The van der Waals surface area contributed by atoms with Gasteiger partial charge < -0.3 is 10.3 Å². The first kappa shape index (κ1) is 17.1. The first-order chi connectivity index (χ1) is 12.9. The van der Waals surface area contributed by atoms with Crippen molar-refractivity contribution in [2.75, 3.05) is 0 Å². The topological polar surface area (TPSA) is 91.6 Å². The summed E-state index contributed by atoms with van der Waals surface area (Å²) in [6.07, 6.45) is 0. The van der Waals surface area contributed by atoms with Crippen molar-refractivity contribution in [1.29, 1.82) is 0 Å². The van der Waals surface area contributed by atoms with E-state index in [0.717, 1.165) is 6.07 Å². The minimum atomic E-state index is -0.882. The van der Waals surface area contributed by atoms with Crippen LogP contribution in [0.1, 0.15) is 10.4 Å². The quantitative estimate of drug-likeness (QED) is 0.584. The van der Waals surface area contributed by atoms with Crippen LogP contribution < -0.4 is 5.73 Å². The summed E-state index contributed by atoms with van der Waals surface area (Å²) >= 11 is 6.48. The van der Waals surface area contributed by atoms with Gasteiger partial charge in [0.25, 0.3) is 5.91 Å². The summed E-state index contributed by atoms with van der Waals surface area (Å²) in [5.74, 6) is -1.97. The van der Waals surface area contributed by atoms with Gasteiger partial charge in [0.1, 0.15) is 17.3 Å². The smallest absolute Gasteiger partial charge is 0.251 e. The Labute approximate surface area is 155 Å². The number of hydrogen-bond acceptors (Lipinski definition) is 4. The van der Waals surface area contributed by atoms with Crippen LogP contribution in [0.15, 0.2) is 36.4 Å². The molecule has 1 amide bonds. The third-order valence-electron chi connectivity index (χ3n) is 4.06. The summed E-state index contributed by atoms with van der Waals surface area (Å²) in [7, 11) is 1.58. The van der Waals surface area contributed by atoms with Crippen LogP contribution in [0.4, 0.5) is 8.78 Å². The number of nitrogens with two attached hydrogens (primary N) is 1. The van der Waals surface area contributed by atoms with Crippen molar-refractivity contribution in [3.8, 4) is 17.2 Å². The van der Waals surface area contributed by atoms with Gasteiger partial charge in [-0.3, -0.25) is 4.79 Å². The number of halogens is 3. The van der Waals surface area contributed by atoms with Gasteiger partial charge in [-0.25, -0.2) is 8.78 Å². The van der Waals surface area contributed by atoms with E-state index in [2.05, 4.69) is 15.4 Å². The molecule has 0 aliphatic heterocycles. The standard InChI is InChI=1S/C17H11ClF2N6O/c1-25-23-17(22-24-25)15-14(18)11-6-8(19)2-5-13(11)26(15)9-3-4-10(16(21)27)12(20)7-9/h2-7H,1H3,(H2,21,27). The van der Waals surface area contributed by atoms with Gasteiger partial charge in [0.05, 0.1) is 23.2 Å². The summed E-state index contributed by atoms with van der Waals surface area (Å²) < 4.78 is 29.7. The Kier molecular flexibility index (Phi) is 3.88. The molecule has 0 atom stereocenters. The van der Waals surface area contributed by atoms with Crippen molar-refractivity contribution in [3.05, 3.63) is 58.6 Å². The maximum atomic E-state index is 14.3. The molecule has 0 saturated heterocycles. The van der Waals surface area contributed by atoms with Gasteiger partial charge >= 0.3 is 0 Å². The number of nitrogens with zero attached hydrogens (tertiary/aromatic N) is 5. The van der Waals surface area contributed by atoms with Gasteiger partial charge in [0, 0.05) is 11.1 Å². The molecule has 0 saturated carbocycles. The Morgan fingerprint density at radius 1 is 1.19 bits per heavy atom. The predicted octanol–water partition coefficient (Wildman–Crippen LogP) is 2.85. The fraction of sp³-hybridized carbons (Fsp3) is 0.0588. The lowest BCUT2D eigenvalue weighted by molar-refractivity contribution is 0.0996. The number of primary amides is 1. The SMILES string of the molecule is Cn1nnc(-c2c(Cl)c3cc(F)ccc3n2-c2ccc(C(N)=O)c(F)c2)n1. The van der Waals surface area contributed by atoms with E-state index in [1.807, 2.05) is 0 Å². The van der Waals surface area contributed by atoms with Crippen LogP contribution in [-0.2, 0) is 7.05 Å². The molecule has 2 aromatic carbocycles. The molecular formula is C17H11ClF2N6O. The lowest BCUT2D eigenvalue weighted by Crippen LogP contribution is -2.13. The monoisotopic (exact) mass is 388 g/mol. The first-order valence-electron chi connectivity index (χ1n) is 7.70. The number of carbonyl (C=O) groups is 1. The van der Waals surface area contributed by atoms with E-state index < -0.39 is 17.5 Å². The van der Waals surface area contributed by atoms with E-state index in [4.69, 9.17) is 17.3 Å². The Hall–Kier alpha value is -3.33. The maximum Gasteiger partial charge on any atom is 0.251 e. The average molecular weight is 389 g/mol. The minimum Gasteiger partial charge on any atom is -0.366 e. The zero-order chi connectivity index (χ0) is 19.3. The molecule has 27 heavy (non-hydrogen) atoms. The van der Waals surface area contributed by atoms with Crippen molar-refractivity contribution < 1.29 is 13.6 Å². The molecule has 136 valence electrons. The number of carbonyl (C=O) groups excluding carboxylic acids is 1. The van der Waals surface area contributed by atoms with Gasteiger partial charge in [0.15, 0.2) is 0 Å². The summed E-state index contributed by atoms with van der Waals surface area (Å²) in [5.41, 5.74) is 6.08. The van der Waals surface area contributed by atoms with Crippen LogP contribution in [-0.4, -0.2) is 30.7 Å². The van der Waals surface area contributed by atoms with E-state index >= 15 is 0 Å². The molecule has 0 bridgehead atoms. The number of fused-ring (bicyclic) bond motifs is 1. The number of tetrazole rings is 1. The highest BCUT2D eigenvalue weighted by Gasteiger charge is 2.23. The van der Waals surface area contributed by atoms with Gasteiger partial charge in [-0.05, 0) is 41.6 Å². The van der Waals surface area contributed by atoms with Crippen LogP contribution in [0.3, 0.4) is 0 Å². The van der Waals surface area contributed by atoms with Crippen LogP contribution in [0.25, 0.3) is 28.1 Å². The second kappa shape index (κ2) is 6.13. The van der Waals surface area contributed by atoms with Gasteiger partial charge in [0.2, 0.25) is 5.82 Å². The van der Waals surface area contributed by atoms with Crippen LogP contribution in [0.2, 0.25) is 5.02 Å². The third kappa shape index (κ3) is 2.72. The number of aromatic nitrogens is 5. The zero-order valence-corrected chi connectivity index (χ0v) is 14.6. The van der Waals surface area contributed by atoms with Gasteiger partial charge in [-0.2, -0.15) is 4.80 Å². The number of rotatable bonds is 3. The molecule has 0 aliphatic carbocycles. The lowest BCUT2D eigenvalue weighted by atomic mass is 10.1. The molecule has 2 aromatic heterocycles. The van der Waals surface area contributed by atoms with E-state index in [1.54, 1.807) is 11.6 Å². The summed E-state index contributed by atoms with van der Waals surface area (Å²) in [6, 6.07) is 7.95. The molecular weight excluding hydrogens is 378 g/mol. The van der Waals surface area contributed by atoms with Crippen LogP contribution in [0.5, 0.6) is 0 Å². The third-order valence-corrected chi connectivity index (χ3v) is 4.45. The molecule has 0 unspecified atom stereocenters. The van der Waals surface area contributed by atoms with Crippen LogP contribution in [0, 0.1) is 11.6 Å². The largest absolute Gasteiger partial charge is 0.366 e. The zero-order valence-electron chi connectivity index (χ0n) is 13.8. The molecule has 2 heterocycles. The second-order valence-electron chi connectivity index (χ2n) is 5.79. The number of benzene rings is 2. The van der Waals surface area contributed by atoms with E-state index in [1.165, 1.54) is 35.1 Å². The number of hydrogen-bond donors (Lipinski definition) is 1. The molecule has 0 spiro atoms. The van der Waals surface area contributed by atoms with Crippen molar-refractivity contribution in [3.63, 3.8) is 0 Å². The first-order valence-corrected chi connectivity index (χ1v) is 8.08. The fourth-order valence-electron chi connectivity index (χ4n) is 2.91. The van der Waals surface area contributed by atoms with E-state index in [0.29, 0.717) is 22.3 Å². The maximum absolute atomic E-state index is 14.3. The highest BCUT2D eigenvalue weighted by molar-refractivity contribution is 6.38. The Bertz CT molecular complexity index is 1220. The molecule has 10 heteroatoms.